The minimum Gasteiger partial charge on any atom is -0.295 e. The lowest BCUT2D eigenvalue weighted by atomic mass is 9.82. The summed E-state index contributed by atoms with van der Waals surface area (Å²) in [6, 6.07) is 0. The van der Waals surface area contributed by atoms with Gasteiger partial charge in [-0.2, -0.15) is 0 Å². The first-order chi connectivity index (χ1) is 8.95. The fraction of sp³-hybridized carbons (Fsp3) is 0.400. The van der Waals surface area contributed by atoms with Crippen molar-refractivity contribution in [2.45, 2.75) is 19.5 Å². The number of alkyl halides is 4. The van der Waals surface area contributed by atoms with E-state index in [9.17, 15) is 9.59 Å². The predicted molar refractivity (Wildman–Crippen MR) is 81.8 cm³/mol. The molecule has 4 atom stereocenters. The maximum atomic E-state index is 12.5. The summed E-state index contributed by atoms with van der Waals surface area (Å²) in [6.07, 6.45) is 0. The molecular formula is C10Cl8O2. The maximum Gasteiger partial charge on any atom is 0.201 e. The highest BCUT2D eigenvalue weighted by atomic mass is 35.5. The fourth-order valence-corrected chi connectivity index (χ4v) is 6.72. The number of rotatable bonds is 0. The second-order valence-corrected chi connectivity index (χ2v) is 8.33. The Morgan fingerprint density at radius 3 is 1.50 bits per heavy atom. The van der Waals surface area contributed by atoms with Crippen LogP contribution in [-0.4, -0.2) is 31.1 Å². The van der Waals surface area contributed by atoms with Gasteiger partial charge in [0, 0.05) is 0 Å². The van der Waals surface area contributed by atoms with Crippen LogP contribution in [0.2, 0.25) is 0 Å². The molecule has 1 saturated carbocycles. The lowest BCUT2D eigenvalue weighted by Crippen LogP contribution is -2.61. The van der Waals surface area contributed by atoms with E-state index in [-0.39, 0.29) is 15.1 Å². The molecule has 0 aromatic carbocycles. The number of allylic oxidation sites excluding steroid dienone is 4. The average molecular weight is 436 g/mol. The van der Waals surface area contributed by atoms with E-state index in [0.29, 0.717) is 0 Å². The van der Waals surface area contributed by atoms with E-state index in [1.165, 1.54) is 0 Å². The Balaban J connectivity index is 2.53. The zero-order valence-electron chi connectivity index (χ0n) is 8.84. The molecule has 0 saturated heterocycles. The summed E-state index contributed by atoms with van der Waals surface area (Å²) in [6.45, 7) is 0. The predicted octanol–water partition coefficient (Wildman–Crippen LogP) is 4.45. The van der Waals surface area contributed by atoms with Gasteiger partial charge in [-0.3, -0.25) is 9.59 Å². The van der Waals surface area contributed by atoms with Crippen molar-refractivity contribution in [1.82, 2.24) is 0 Å². The van der Waals surface area contributed by atoms with Crippen LogP contribution in [0.15, 0.2) is 20.1 Å². The van der Waals surface area contributed by atoms with Crippen LogP contribution >= 0.6 is 92.8 Å². The van der Waals surface area contributed by atoms with Gasteiger partial charge in [-0.25, -0.2) is 0 Å². The molecule has 20 heavy (non-hydrogen) atoms. The normalized spacial score (nSPS) is 50.6. The fourth-order valence-electron chi connectivity index (χ4n) is 2.85. The molecule has 2 nitrogen and oxygen atoms in total. The van der Waals surface area contributed by atoms with E-state index < -0.39 is 36.1 Å². The Kier molecular flexibility index (Phi) is 3.17. The van der Waals surface area contributed by atoms with Crippen LogP contribution < -0.4 is 0 Å². The van der Waals surface area contributed by atoms with Crippen LogP contribution in [0, 0.1) is 0 Å². The van der Waals surface area contributed by atoms with Gasteiger partial charge in [-0.05, 0) is 0 Å². The van der Waals surface area contributed by atoms with Crippen molar-refractivity contribution in [3.8, 4) is 0 Å². The van der Waals surface area contributed by atoms with Gasteiger partial charge in [0.15, 0.2) is 20.4 Å². The van der Waals surface area contributed by atoms with Gasteiger partial charge in [-0.15, -0.1) is 46.4 Å². The molecule has 0 aromatic heterocycles. The Bertz CT molecular complexity index is 683. The van der Waals surface area contributed by atoms with E-state index >= 15 is 0 Å². The summed E-state index contributed by atoms with van der Waals surface area (Å²) < 4.78 is 0. The van der Waals surface area contributed by atoms with E-state index in [1.54, 1.807) is 0 Å². The van der Waals surface area contributed by atoms with Crippen LogP contribution in [0.3, 0.4) is 0 Å². The molecule has 0 aromatic rings. The summed E-state index contributed by atoms with van der Waals surface area (Å²) in [5.74, 6) is -1.82. The Labute approximate surface area is 152 Å². The molecule has 0 aliphatic heterocycles. The summed E-state index contributed by atoms with van der Waals surface area (Å²) in [7, 11) is 0. The molecule has 0 heterocycles. The highest BCUT2D eigenvalue weighted by molar-refractivity contribution is 6.76. The molecule has 3 aliphatic carbocycles. The van der Waals surface area contributed by atoms with Crippen LogP contribution in [-0.2, 0) is 9.59 Å². The second kappa shape index (κ2) is 3.96. The first kappa shape index (κ1) is 16.0. The molecule has 2 bridgehead atoms. The van der Waals surface area contributed by atoms with Gasteiger partial charge in [0.05, 0.1) is 15.1 Å². The minimum atomic E-state index is -2.24. The SMILES string of the molecule is O=C1[C@]2(Cl)C(Cl)=C(Cl)[C@]1(Cl)[C@@]1(Cl)C(Cl)=C(Cl)C(=O)[C@@]21Cl. The highest BCUT2D eigenvalue weighted by Crippen LogP contribution is 2.77. The van der Waals surface area contributed by atoms with E-state index in [2.05, 4.69) is 0 Å². The standard InChI is InChI=1S/C10Cl8O2/c11-1-2(12)9(17)7(15)3(13)4(14)8(16,6(7)20)10(9,18)5(1)19/t7-,8-,9+,10-/m1/s1. The average Bonchev–Trinajstić information content (AvgIpc) is 2.70. The van der Waals surface area contributed by atoms with Crippen molar-refractivity contribution in [2.24, 2.45) is 0 Å². The second-order valence-electron chi connectivity index (χ2n) is 4.55. The molecule has 1 fully saturated rings. The summed E-state index contributed by atoms with van der Waals surface area (Å²) in [4.78, 5) is 16.2. The summed E-state index contributed by atoms with van der Waals surface area (Å²) in [5, 5.41) is -1.50. The van der Waals surface area contributed by atoms with Gasteiger partial charge in [0.2, 0.25) is 5.78 Å². The Morgan fingerprint density at radius 2 is 1.05 bits per heavy atom. The largest absolute Gasteiger partial charge is 0.295 e. The summed E-state index contributed by atoms with van der Waals surface area (Å²) >= 11 is 49.0. The maximum absolute atomic E-state index is 12.5. The quantitative estimate of drug-likeness (QED) is 0.527. The van der Waals surface area contributed by atoms with Gasteiger partial charge in [0.1, 0.15) is 9.91 Å². The highest BCUT2D eigenvalue weighted by Gasteiger charge is 2.93. The van der Waals surface area contributed by atoms with Crippen molar-refractivity contribution < 1.29 is 9.59 Å². The smallest absolute Gasteiger partial charge is 0.201 e. The van der Waals surface area contributed by atoms with Crippen molar-refractivity contribution in [2.75, 3.05) is 0 Å². The lowest BCUT2D eigenvalue weighted by Gasteiger charge is -2.43. The zero-order valence-corrected chi connectivity index (χ0v) is 14.9. The number of Topliss-reactive ketones (excluding diaryl/α,β-unsaturated/α-hetero) is 2. The van der Waals surface area contributed by atoms with Crippen molar-refractivity contribution in [3.63, 3.8) is 0 Å². The van der Waals surface area contributed by atoms with Gasteiger partial charge in [-0.1, -0.05) is 46.4 Å². The van der Waals surface area contributed by atoms with Crippen molar-refractivity contribution in [1.29, 1.82) is 0 Å². The molecule has 0 amide bonds. The monoisotopic (exact) mass is 432 g/mol. The number of hydrogen-bond donors (Lipinski definition) is 0. The molecule has 0 radical (unpaired) electrons. The van der Waals surface area contributed by atoms with Crippen LogP contribution in [0.4, 0.5) is 0 Å². The number of halogens is 8. The number of hydrogen-bond acceptors (Lipinski definition) is 2. The molecule has 3 rings (SSSR count). The van der Waals surface area contributed by atoms with E-state index in [1.807, 2.05) is 0 Å². The Hall–Kier alpha value is 1.14. The third-order valence-electron chi connectivity index (χ3n) is 3.85. The molecule has 0 spiro atoms. The van der Waals surface area contributed by atoms with Crippen molar-refractivity contribution in [3.05, 3.63) is 20.1 Å². The molecule has 10 heteroatoms. The first-order valence-corrected chi connectivity index (χ1v) is 7.94. The molecule has 3 aliphatic rings. The summed E-state index contributed by atoms with van der Waals surface area (Å²) in [5.41, 5.74) is 0. The number of carbonyl (C=O) groups excluding carboxylic acids is 2. The third kappa shape index (κ3) is 1.09. The zero-order chi connectivity index (χ0) is 15.5. The molecular weight excluding hydrogens is 436 g/mol. The van der Waals surface area contributed by atoms with Gasteiger partial charge < -0.3 is 0 Å². The van der Waals surface area contributed by atoms with Crippen LogP contribution in [0.5, 0.6) is 0 Å². The third-order valence-corrected chi connectivity index (χ3v) is 9.19. The van der Waals surface area contributed by atoms with Crippen molar-refractivity contribution >= 4 is 104 Å². The number of fused-ring (bicyclic) bond motifs is 5. The van der Waals surface area contributed by atoms with E-state index in [4.69, 9.17) is 92.8 Å². The lowest BCUT2D eigenvalue weighted by molar-refractivity contribution is -0.122. The van der Waals surface area contributed by atoms with Crippen LogP contribution in [0.25, 0.3) is 0 Å². The molecule has 108 valence electrons. The van der Waals surface area contributed by atoms with Gasteiger partial charge in [0.25, 0.3) is 0 Å². The first-order valence-electron chi connectivity index (χ1n) is 4.92. The molecule has 0 unspecified atom stereocenters. The topological polar surface area (TPSA) is 34.1 Å². The number of carbonyl (C=O) groups is 2. The Morgan fingerprint density at radius 1 is 0.650 bits per heavy atom. The molecule has 0 N–H and O–H groups in total. The minimum absolute atomic E-state index is 0.315. The van der Waals surface area contributed by atoms with E-state index in [0.717, 1.165) is 0 Å². The number of ketones is 2. The van der Waals surface area contributed by atoms with Crippen LogP contribution in [0.1, 0.15) is 0 Å². The van der Waals surface area contributed by atoms with Gasteiger partial charge >= 0.3 is 0 Å².